The van der Waals surface area contributed by atoms with E-state index in [0.717, 1.165) is 11.1 Å². The Bertz CT molecular complexity index is 651. The minimum Gasteiger partial charge on any atom is -0.468 e. The van der Waals surface area contributed by atoms with Crippen molar-refractivity contribution in [2.45, 2.75) is 6.92 Å². The van der Waals surface area contributed by atoms with Crippen LogP contribution in [-0.4, -0.2) is 24.8 Å². The molecule has 0 spiro atoms. The highest BCUT2D eigenvalue weighted by molar-refractivity contribution is 6.01. The van der Waals surface area contributed by atoms with Gasteiger partial charge in [0.1, 0.15) is 11.6 Å². The maximum atomic E-state index is 11.8. The largest absolute Gasteiger partial charge is 0.468 e. The first-order valence-corrected chi connectivity index (χ1v) is 6.81. The number of carbonyl (C=O) groups excluding carboxylic acids is 1. The number of hydrogen-bond acceptors (Lipinski definition) is 4. The van der Waals surface area contributed by atoms with Gasteiger partial charge in [0, 0.05) is 19.4 Å². The maximum absolute atomic E-state index is 11.8. The fourth-order valence-electron chi connectivity index (χ4n) is 1.75. The van der Waals surface area contributed by atoms with E-state index in [9.17, 15) is 4.79 Å². The number of pyridine rings is 1. The summed E-state index contributed by atoms with van der Waals surface area (Å²) in [5.74, 6) is 1.03. The average Bonchev–Trinajstić information content (AvgIpc) is 2.52. The lowest BCUT2D eigenvalue weighted by atomic mass is 10.2. The molecule has 0 fully saturated rings. The van der Waals surface area contributed by atoms with Crippen LogP contribution in [0.4, 0.5) is 5.82 Å². The van der Waals surface area contributed by atoms with E-state index in [2.05, 4.69) is 10.3 Å². The molecule has 1 aromatic heterocycles. The van der Waals surface area contributed by atoms with Crippen molar-refractivity contribution in [1.29, 1.82) is 0 Å². The van der Waals surface area contributed by atoms with Crippen molar-refractivity contribution in [2.24, 2.45) is 0 Å². The number of hydrogen-bond donors (Lipinski definition) is 1. The van der Waals surface area contributed by atoms with Gasteiger partial charge in [-0.2, -0.15) is 0 Å². The first-order valence-electron chi connectivity index (χ1n) is 6.81. The fourth-order valence-corrected chi connectivity index (χ4v) is 1.75. The third-order valence-corrected chi connectivity index (χ3v) is 2.82. The minimum atomic E-state index is -0.224. The van der Waals surface area contributed by atoms with E-state index in [0.29, 0.717) is 11.6 Å². The van der Waals surface area contributed by atoms with Gasteiger partial charge in [0.25, 0.3) is 0 Å². The zero-order valence-electron chi connectivity index (χ0n) is 12.6. The van der Waals surface area contributed by atoms with Gasteiger partial charge >= 0.3 is 0 Å². The predicted octanol–water partition coefficient (Wildman–Crippen LogP) is 3.02. The van der Waals surface area contributed by atoms with E-state index in [1.54, 1.807) is 19.4 Å². The third kappa shape index (κ3) is 5.03. The van der Waals surface area contributed by atoms with E-state index in [1.807, 2.05) is 43.3 Å². The van der Waals surface area contributed by atoms with Crippen molar-refractivity contribution in [3.63, 3.8) is 0 Å². The molecule has 0 unspecified atom stereocenters. The van der Waals surface area contributed by atoms with Gasteiger partial charge in [0.05, 0.1) is 0 Å². The third-order valence-electron chi connectivity index (χ3n) is 2.82. The van der Waals surface area contributed by atoms with E-state index < -0.39 is 0 Å². The summed E-state index contributed by atoms with van der Waals surface area (Å²) in [7, 11) is 1.57. The molecule has 0 saturated heterocycles. The predicted molar refractivity (Wildman–Crippen MR) is 85.6 cm³/mol. The summed E-state index contributed by atoms with van der Waals surface area (Å²) in [5, 5.41) is 2.71. The van der Waals surface area contributed by atoms with Crippen molar-refractivity contribution >= 4 is 17.8 Å². The van der Waals surface area contributed by atoms with Gasteiger partial charge in [-0.3, -0.25) is 4.79 Å². The summed E-state index contributed by atoms with van der Waals surface area (Å²) in [6, 6.07) is 11.0. The van der Waals surface area contributed by atoms with Gasteiger partial charge in [-0.25, -0.2) is 4.98 Å². The van der Waals surface area contributed by atoms with Crippen LogP contribution in [0.2, 0.25) is 0 Å². The second kappa shape index (κ2) is 7.95. The molecule has 1 N–H and O–H groups in total. The monoisotopic (exact) mass is 298 g/mol. The quantitative estimate of drug-likeness (QED) is 0.658. The first-order chi connectivity index (χ1) is 10.7. The van der Waals surface area contributed by atoms with Crippen molar-refractivity contribution in [3.05, 3.63) is 59.8 Å². The Morgan fingerprint density at radius 3 is 2.73 bits per heavy atom. The van der Waals surface area contributed by atoms with Crippen molar-refractivity contribution < 1.29 is 14.3 Å². The molecule has 1 heterocycles. The number of benzene rings is 1. The van der Waals surface area contributed by atoms with E-state index in [1.165, 1.54) is 6.08 Å². The van der Waals surface area contributed by atoms with Crippen LogP contribution >= 0.6 is 0 Å². The summed E-state index contributed by atoms with van der Waals surface area (Å²) in [5.41, 5.74) is 1.94. The molecule has 5 nitrogen and oxygen atoms in total. The number of aryl methyl sites for hydroxylation is 1. The van der Waals surface area contributed by atoms with Gasteiger partial charge in [-0.1, -0.05) is 12.1 Å². The van der Waals surface area contributed by atoms with Crippen LogP contribution in [0.15, 0.2) is 48.7 Å². The van der Waals surface area contributed by atoms with Gasteiger partial charge < -0.3 is 14.8 Å². The summed E-state index contributed by atoms with van der Waals surface area (Å²) in [6.45, 7) is 2.15. The highest BCUT2D eigenvalue weighted by atomic mass is 16.7. The van der Waals surface area contributed by atoms with Crippen molar-refractivity contribution in [2.75, 3.05) is 19.2 Å². The van der Waals surface area contributed by atoms with Crippen LogP contribution in [0.25, 0.3) is 6.08 Å². The Labute approximate surface area is 129 Å². The van der Waals surface area contributed by atoms with Crippen LogP contribution in [-0.2, 0) is 9.53 Å². The SMILES string of the molecule is COCOc1ccc(/C=C/C(=O)Nc2cc(C)ccn2)cc1. The van der Waals surface area contributed by atoms with E-state index in [4.69, 9.17) is 9.47 Å². The first kappa shape index (κ1) is 15.7. The number of nitrogens with zero attached hydrogens (tertiary/aromatic N) is 1. The molecular weight excluding hydrogens is 280 g/mol. The van der Waals surface area contributed by atoms with Crippen LogP contribution in [0.5, 0.6) is 5.75 Å². The Morgan fingerprint density at radius 1 is 1.27 bits per heavy atom. The highest BCUT2D eigenvalue weighted by Crippen LogP contribution is 2.13. The Hall–Kier alpha value is -2.66. The summed E-state index contributed by atoms with van der Waals surface area (Å²) in [4.78, 5) is 15.9. The molecule has 0 bridgehead atoms. The van der Waals surface area contributed by atoms with Gasteiger partial charge in [-0.15, -0.1) is 0 Å². The number of ether oxygens (including phenoxy) is 2. The Kier molecular flexibility index (Phi) is 5.68. The molecule has 0 aliphatic rings. The van der Waals surface area contributed by atoms with Crippen LogP contribution in [0.3, 0.4) is 0 Å². The molecular formula is C17H18N2O3. The minimum absolute atomic E-state index is 0.209. The Morgan fingerprint density at radius 2 is 2.05 bits per heavy atom. The second-order valence-electron chi connectivity index (χ2n) is 4.66. The molecule has 22 heavy (non-hydrogen) atoms. The maximum Gasteiger partial charge on any atom is 0.249 e. The molecule has 0 aliphatic heterocycles. The normalized spacial score (nSPS) is 10.6. The van der Waals surface area contributed by atoms with Crippen molar-refractivity contribution in [3.8, 4) is 5.75 Å². The second-order valence-corrected chi connectivity index (χ2v) is 4.66. The number of methoxy groups -OCH3 is 1. The lowest BCUT2D eigenvalue weighted by Crippen LogP contribution is -2.09. The molecule has 5 heteroatoms. The smallest absolute Gasteiger partial charge is 0.249 e. The topological polar surface area (TPSA) is 60.5 Å². The number of rotatable bonds is 6. The Balaban J connectivity index is 1.92. The highest BCUT2D eigenvalue weighted by Gasteiger charge is 1.99. The zero-order chi connectivity index (χ0) is 15.8. The number of carbonyl (C=O) groups is 1. The van der Waals surface area contributed by atoms with Crippen LogP contribution in [0.1, 0.15) is 11.1 Å². The molecule has 0 atom stereocenters. The van der Waals surface area contributed by atoms with E-state index >= 15 is 0 Å². The fraction of sp³-hybridized carbons (Fsp3) is 0.176. The molecule has 1 aromatic carbocycles. The lowest BCUT2D eigenvalue weighted by Gasteiger charge is -2.04. The molecule has 0 radical (unpaired) electrons. The lowest BCUT2D eigenvalue weighted by molar-refractivity contribution is -0.111. The van der Waals surface area contributed by atoms with Gasteiger partial charge in [-0.05, 0) is 48.4 Å². The molecule has 2 rings (SSSR count). The standard InChI is InChI=1S/C17H18N2O3/c1-13-9-10-18-16(11-13)19-17(20)8-5-14-3-6-15(7-4-14)22-12-21-2/h3-11H,12H2,1-2H3,(H,18,19,20)/b8-5+. The number of anilines is 1. The van der Waals surface area contributed by atoms with Crippen molar-refractivity contribution in [1.82, 2.24) is 4.98 Å². The number of amides is 1. The summed E-state index contributed by atoms with van der Waals surface area (Å²) < 4.78 is 10.1. The number of aromatic nitrogens is 1. The average molecular weight is 298 g/mol. The molecule has 114 valence electrons. The molecule has 2 aromatic rings. The van der Waals surface area contributed by atoms with Crippen LogP contribution < -0.4 is 10.1 Å². The zero-order valence-corrected chi connectivity index (χ0v) is 12.6. The van der Waals surface area contributed by atoms with Crippen LogP contribution in [0, 0.1) is 6.92 Å². The van der Waals surface area contributed by atoms with E-state index in [-0.39, 0.29) is 12.7 Å². The summed E-state index contributed by atoms with van der Waals surface area (Å²) in [6.07, 6.45) is 4.85. The molecule has 0 aliphatic carbocycles. The van der Waals surface area contributed by atoms with Gasteiger partial charge in [0.15, 0.2) is 6.79 Å². The van der Waals surface area contributed by atoms with Gasteiger partial charge in [0.2, 0.25) is 5.91 Å². The number of nitrogens with one attached hydrogen (secondary N) is 1. The molecule has 0 saturated carbocycles. The molecule has 1 amide bonds. The summed E-state index contributed by atoms with van der Waals surface area (Å²) >= 11 is 0.